The summed E-state index contributed by atoms with van der Waals surface area (Å²) in [6.45, 7) is 0.0976. The molecule has 2 N–H and O–H groups in total. The van der Waals surface area contributed by atoms with Crippen molar-refractivity contribution < 1.29 is 14.3 Å². The van der Waals surface area contributed by atoms with Gasteiger partial charge in [-0.25, -0.2) is 9.78 Å². The first-order valence-electron chi connectivity index (χ1n) is 5.71. The number of methoxy groups -OCH3 is 1. The molecule has 0 aliphatic carbocycles. The molecule has 2 rings (SSSR count). The second-order valence-corrected chi connectivity index (χ2v) is 3.87. The highest BCUT2D eigenvalue weighted by molar-refractivity contribution is 5.89. The van der Waals surface area contributed by atoms with Crippen LogP contribution in [0.15, 0.2) is 42.5 Å². The molecule has 1 heterocycles. The van der Waals surface area contributed by atoms with Crippen molar-refractivity contribution in [2.24, 2.45) is 0 Å². The smallest absolute Gasteiger partial charge is 0.338 e. The lowest BCUT2D eigenvalue weighted by molar-refractivity contribution is 0.0467. The van der Waals surface area contributed by atoms with Gasteiger partial charge in [0.25, 0.3) is 0 Å². The molecule has 1 aromatic carbocycles. The predicted octanol–water partition coefficient (Wildman–Crippen LogP) is 2.03. The Hall–Kier alpha value is -2.56. The lowest BCUT2D eigenvalue weighted by Crippen LogP contribution is -2.06. The van der Waals surface area contributed by atoms with Gasteiger partial charge >= 0.3 is 5.97 Å². The number of nitrogens with two attached hydrogens (primary N) is 1. The van der Waals surface area contributed by atoms with Crippen LogP contribution in [-0.2, 0) is 11.3 Å². The van der Waals surface area contributed by atoms with Gasteiger partial charge < -0.3 is 15.2 Å². The van der Waals surface area contributed by atoms with Crippen molar-refractivity contribution >= 4 is 11.7 Å². The lowest BCUT2D eigenvalue weighted by Gasteiger charge is -2.06. The lowest BCUT2D eigenvalue weighted by atomic mass is 10.2. The molecule has 0 atom stereocenters. The summed E-state index contributed by atoms with van der Waals surface area (Å²) in [5.41, 5.74) is 7.23. The molecule has 0 bridgehead atoms. The fourth-order valence-corrected chi connectivity index (χ4v) is 1.49. The van der Waals surface area contributed by atoms with E-state index in [2.05, 4.69) is 4.98 Å². The Bertz CT molecular complexity index is 567. The van der Waals surface area contributed by atoms with Crippen molar-refractivity contribution in [1.82, 2.24) is 4.98 Å². The third-order valence-electron chi connectivity index (χ3n) is 2.49. The number of anilines is 1. The first kappa shape index (κ1) is 12.9. The van der Waals surface area contributed by atoms with E-state index in [4.69, 9.17) is 15.2 Å². The van der Waals surface area contributed by atoms with Gasteiger partial charge in [-0.3, -0.25) is 0 Å². The third-order valence-corrected chi connectivity index (χ3v) is 2.49. The normalized spacial score (nSPS) is 9.95. The summed E-state index contributed by atoms with van der Waals surface area (Å²) in [5.74, 6) is 0.0747. The second-order valence-electron chi connectivity index (χ2n) is 3.87. The number of rotatable bonds is 4. The van der Waals surface area contributed by atoms with Gasteiger partial charge in [0, 0.05) is 11.8 Å². The van der Waals surface area contributed by atoms with E-state index in [1.807, 2.05) is 0 Å². The molecule has 0 spiro atoms. The van der Waals surface area contributed by atoms with Crippen molar-refractivity contribution in [3.05, 3.63) is 53.7 Å². The zero-order valence-corrected chi connectivity index (χ0v) is 10.5. The van der Waals surface area contributed by atoms with Gasteiger partial charge in [-0.2, -0.15) is 0 Å². The highest BCUT2D eigenvalue weighted by Gasteiger charge is 2.07. The summed E-state index contributed by atoms with van der Waals surface area (Å²) in [4.78, 5) is 15.9. The van der Waals surface area contributed by atoms with Gasteiger partial charge in [-0.15, -0.1) is 0 Å². The minimum Gasteiger partial charge on any atom is -0.481 e. The number of nitrogens with zero attached hydrogens (tertiary/aromatic N) is 1. The maximum Gasteiger partial charge on any atom is 0.338 e. The molecule has 0 aliphatic heterocycles. The fraction of sp³-hybridized carbons (Fsp3) is 0.143. The Morgan fingerprint density at radius 3 is 2.63 bits per heavy atom. The number of benzene rings is 1. The molecule has 5 nitrogen and oxygen atoms in total. The van der Waals surface area contributed by atoms with Crippen LogP contribution in [0.5, 0.6) is 5.88 Å². The largest absolute Gasteiger partial charge is 0.481 e. The highest BCUT2D eigenvalue weighted by Crippen LogP contribution is 2.10. The maximum absolute atomic E-state index is 11.8. The van der Waals surface area contributed by atoms with Crippen molar-refractivity contribution in [3.8, 4) is 5.88 Å². The summed E-state index contributed by atoms with van der Waals surface area (Å²) in [7, 11) is 1.53. The van der Waals surface area contributed by atoms with Crippen LogP contribution in [-0.4, -0.2) is 18.1 Å². The third kappa shape index (κ3) is 3.45. The van der Waals surface area contributed by atoms with E-state index in [9.17, 15) is 4.79 Å². The Morgan fingerprint density at radius 2 is 1.95 bits per heavy atom. The zero-order chi connectivity index (χ0) is 13.7. The molecule has 19 heavy (non-hydrogen) atoms. The van der Waals surface area contributed by atoms with E-state index in [-0.39, 0.29) is 6.61 Å². The first-order chi connectivity index (χ1) is 9.19. The van der Waals surface area contributed by atoms with Crippen LogP contribution in [0.2, 0.25) is 0 Å². The fourth-order valence-electron chi connectivity index (χ4n) is 1.49. The molecule has 5 heteroatoms. The minimum atomic E-state index is -0.412. The molecule has 0 aliphatic rings. The van der Waals surface area contributed by atoms with Gasteiger partial charge in [0.15, 0.2) is 0 Å². The molecular weight excluding hydrogens is 244 g/mol. The predicted molar refractivity (Wildman–Crippen MR) is 70.8 cm³/mol. The molecule has 0 fully saturated rings. The first-order valence-corrected chi connectivity index (χ1v) is 5.71. The van der Waals surface area contributed by atoms with Crippen LogP contribution < -0.4 is 10.5 Å². The van der Waals surface area contributed by atoms with Gasteiger partial charge in [0.2, 0.25) is 5.88 Å². The highest BCUT2D eigenvalue weighted by atomic mass is 16.5. The van der Waals surface area contributed by atoms with Gasteiger partial charge in [0.1, 0.15) is 6.61 Å². The van der Waals surface area contributed by atoms with Gasteiger partial charge in [0.05, 0.1) is 18.4 Å². The number of hydrogen-bond donors (Lipinski definition) is 1. The van der Waals surface area contributed by atoms with Gasteiger partial charge in [-0.05, 0) is 30.3 Å². The van der Waals surface area contributed by atoms with E-state index < -0.39 is 5.97 Å². The van der Waals surface area contributed by atoms with Crippen LogP contribution in [0.25, 0.3) is 0 Å². The number of carbonyl (C=O) groups is 1. The Balaban J connectivity index is 1.98. The number of hydrogen-bond acceptors (Lipinski definition) is 5. The number of aromatic nitrogens is 1. The summed E-state index contributed by atoms with van der Waals surface area (Å²) in [6, 6.07) is 11.8. The molecule has 0 radical (unpaired) electrons. The number of esters is 1. The van der Waals surface area contributed by atoms with E-state index in [0.717, 1.165) is 0 Å². The Kier molecular flexibility index (Phi) is 3.97. The zero-order valence-electron chi connectivity index (χ0n) is 10.5. The van der Waals surface area contributed by atoms with Crippen molar-refractivity contribution in [2.45, 2.75) is 6.61 Å². The van der Waals surface area contributed by atoms with E-state index in [1.165, 1.54) is 7.11 Å². The van der Waals surface area contributed by atoms with Crippen LogP contribution in [0.4, 0.5) is 5.69 Å². The summed E-state index contributed by atoms with van der Waals surface area (Å²) < 4.78 is 10.1. The monoisotopic (exact) mass is 258 g/mol. The Morgan fingerprint density at radius 1 is 1.21 bits per heavy atom. The molecule has 0 amide bonds. The van der Waals surface area contributed by atoms with E-state index >= 15 is 0 Å². The molecular formula is C14H14N2O3. The molecule has 0 saturated carbocycles. The average Bonchev–Trinajstić information content (AvgIpc) is 2.46. The summed E-state index contributed by atoms with van der Waals surface area (Å²) >= 11 is 0. The quantitative estimate of drug-likeness (QED) is 0.671. The number of ether oxygens (including phenoxy) is 2. The molecule has 0 saturated heterocycles. The van der Waals surface area contributed by atoms with Crippen LogP contribution in [0.3, 0.4) is 0 Å². The minimum absolute atomic E-state index is 0.0976. The van der Waals surface area contributed by atoms with Crippen LogP contribution >= 0.6 is 0 Å². The summed E-state index contributed by atoms with van der Waals surface area (Å²) in [6.07, 6.45) is 0. The average molecular weight is 258 g/mol. The standard InChI is InChI=1S/C14H14N2O3/c1-18-13-4-2-3-12(16-13)9-19-14(17)10-5-7-11(15)8-6-10/h2-8H,9,15H2,1H3. The molecule has 0 unspecified atom stereocenters. The van der Waals surface area contributed by atoms with E-state index in [1.54, 1.807) is 42.5 Å². The maximum atomic E-state index is 11.8. The van der Waals surface area contributed by atoms with Crippen LogP contribution in [0, 0.1) is 0 Å². The van der Waals surface area contributed by atoms with Gasteiger partial charge in [-0.1, -0.05) is 6.07 Å². The number of nitrogen functional groups attached to an aromatic ring is 1. The number of pyridine rings is 1. The SMILES string of the molecule is COc1cccc(COC(=O)c2ccc(N)cc2)n1. The van der Waals surface area contributed by atoms with E-state index in [0.29, 0.717) is 22.8 Å². The summed E-state index contributed by atoms with van der Waals surface area (Å²) in [5, 5.41) is 0. The second kappa shape index (κ2) is 5.86. The Labute approximate surface area is 111 Å². The topological polar surface area (TPSA) is 74.4 Å². The number of carbonyl (C=O) groups excluding carboxylic acids is 1. The van der Waals surface area contributed by atoms with Crippen molar-refractivity contribution in [3.63, 3.8) is 0 Å². The van der Waals surface area contributed by atoms with Crippen molar-refractivity contribution in [1.29, 1.82) is 0 Å². The molecule has 1 aromatic heterocycles. The molecule has 2 aromatic rings. The van der Waals surface area contributed by atoms with Crippen LogP contribution in [0.1, 0.15) is 16.1 Å². The van der Waals surface area contributed by atoms with Crippen molar-refractivity contribution in [2.75, 3.05) is 12.8 Å². The molecule has 98 valence electrons.